The van der Waals surface area contributed by atoms with Gasteiger partial charge in [-0.1, -0.05) is 31.2 Å². The monoisotopic (exact) mass is 345 g/mol. The Bertz CT molecular complexity index is 545. The van der Waals surface area contributed by atoms with Gasteiger partial charge in [-0.15, -0.1) is 0 Å². The Kier molecular flexibility index (Phi) is 6.67. The number of piperazine rings is 1. The SMILES string of the molecule is CCN1CCN(Cc2ccc(CN=C(N)N3CCOCC3)cc2)CC1. The maximum absolute atomic E-state index is 6.08. The van der Waals surface area contributed by atoms with Crippen molar-refractivity contribution < 1.29 is 4.74 Å². The fraction of sp³-hybridized carbons (Fsp3) is 0.632. The molecule has 0 unspecified atom stereocenters. The summed E-state index contributed by atoms with van der Waals surface area (Å²) in [6, 6.07) is 8.80. The van der Waals surface area contributed by atoms with E-state index in [-0.39, 0.29) is 0 Å². The lowest BCUT2D eigenvalue weighted by Crippen LogP contribution is -2.45. The van der Waals surface area contributed by atoms with E-state index in [2.05, 4.69) is 50.9 Å². The molecule has 0 spiro atoms. The maximum Gasteiger partial charge on any atom is 0.191 e. The van der Waals surface area contributed by atoms with Gasteiger partial charge in [0.1, 0.15) is 0 Å². The van der Waals surface area contributed by atoms with Gasteiger partial charge in [0.2, 0.25) is 0 Å². The zero-order valence-electron chi connectivity index (χ0n) is 15.4. The van der Waals surface area contributed by atoms with Crippen molar-refractivity contribution in [1.29, 1.82) is 0 Å². The average molecular weight is 345 g/mol. The highest BCUT2D eigenvalue weighted by Crippen LogP contribution is 2.11. The first-order valence-corrected chi connectivity index (χ1v) is 9.39. The van der Waals surface area contributed by atoms with E-state index in [9.17, 15) is 0 Å². The number of nitrogens with zero attached hydrogens (tertiary/aromatic N) is 4. The third-order valence-electron chi connectivity index (χ3n) is 5.10. The molecule has 2 fully saturated rings. The minimum Gasteiger partial charge on any atom is -0.378 e. The van der Waals surface area contributed by atoms with E-state index in [0.717, 1.165) is 52.5 Å². The van der Waals surface area contributed by atoms with Gasteiger partial charge in [0.05, 0.1) is 19.8 Å². The number of guanidine groups is 1. The fourth-order valence-electron chi connectivity index (χ4n) is 3.34. The Morgan fingerprint density at radius 2 is 1.56 bits per heavy atom. The highest BCUT2D eigenvalue weighted by Gasteiger charge is 2.15. The number of nitrogens with two attached hydrogens (primary N) is 1. The maximum atomic E-state index is 6.08. The topological polar surface area (TPSA) is 57.3 Å². The molecular formula is C19H31N5O. The molecule has 2 N–H and O–H groups in total. The van der Waals surface area contributed by atoms with Crippen LogP contribution in [0, 0.1) is 0 Å². The second kappa shape index (κ2) is 9.17. The molecule has 0 radical (unpaired) electrons. The van der Waals surface area contributed by atoms with Gasteiger partial charge >= 0.3 is 0 Å². The van der Waals surface area contributed by atoms with Gasteiger partial charge in [-0.05, 0) is 17.7 Å². The fourth-order valence-corrected chi connectivity index (χ4v) is 3.34. The Balaban J connectivity index is 1.47. The molecule has 138 valence electrons. The van der Waals surface area contributed by atoms with Crippen molar-refractivity contribution in [3.05, 3.63) is 35.4 Å². The molecule has 0 bridgehead atoms. The number of morpholine rings is 1. The first-order chi connectivity index (χ1) is 12.2. The molecule has 2 heterocycles. The van der Waals surface area contributed by atoms with Crippen LogP contribution in [0.4, 0.5) is 0 Å². The van der Waals surface area contributed by atoms with Crippen molar-refractivity contribution in [1.82, 2.24) is 14.7 Å². The van der Waals surface area contributed by atoms with Gasteiger partial charge in [-0.25, -0.2) is 4.99 Å². The molecule has 2 aliphatic heterocycles. The first kappa shape index (κ1) is 18.2. The summed E-state index contributed by atoms with van der Waals surface area (Å²) in [6.45, 7) is 12.9. The molecule has 25 heavy (non-hydrogen) atoms. The third kappa shape index (κ3) is 5.42. The molecule has 0 saturated carbocycles. The van der Waals surface area contributed by atoms with Crippen molar-refractivity contribution in [2.75, 3.05) is 59.0 Å². The summed E-state index contributed by atoms with van der Waals surface area (Å²) >= 11 is 0. The van der Waals surface area contributed by atoms with Crippen molar-refractivity contribution in [2.24, 2.45) is 10.7 Å². The summed E-state index contributed by atoms with van der Waals surface area (Å²) in [7, 11) is 0. The van der Waals surface area contributed by atoms with Gasteiger partial charge in [0.15, 0.2) is 5.96 Å². The summed E-state index contributed by atoms with van der Waals surface area (Å²) < 4.78 is 5.34. The van der Waals surface area contributed by atoms with Crippen LogP contribution in [0.5, 0.6) is 0 Å². The summed E-state index contributed by atoms with van der Waals surface area (Å²) in [5, 5.41) is 0. The van der Waals surface area contributed by atoms with E-state index in [1.807, 2.05) is 0 Å². The molecule has 6 nitrogen and oxygen atoms in total. The van der Waals surface area contributed by atoms with Crippen LogP contribution in [-0.4, -0.2) is 79.7 Å². The molecule has 1 aromatic carbocycles. The second-order valence-electron chi connectivity index (χ2n) is 6.80. The minimum absolute atomic E-state index is 0.626. The number of hydrogen-bond acceptors (Lipinski definition) is 4. The third-order valence-corrected chi connectivity index (χ3v) is 5.10. The molecule has 2 saturated heterocycles. The molecule has 0 atom stereocenters. The first-order valence-electron chi connectivity index (χ1n) is 9.39. The number of hydrogen-bond donors (Lipinski definition) is 1. The quantitative estimate of drug-likeness (QED) is 0.637. The number of rotatable bonds is 5. The van der Waals surface area contributed by atoms with Gasteiger partial charge in [0.25, 0.3) is 0 Å². The summed E-state index contributed by atoms with van der Waals surface area (Å²) in [4.78, 5) is 11.7. The predicted molar refractivity (Wildman–Crippen MR) is 102 cm³/mol. The number of aliphatic imine (C=N–C) groups is 1. The number of likely N-dealkylation sites (N-methyl/N-ethyl adjacent to an activating group) is 1. The zero-order chi connectivity index (χ0) is 17.5. The van der Waals surface area contributed by atoms with Gasteiger partial charge < -0.3 is 20.3 Å². The van der Waals surface area contributed by atoms with Crippen LogP contribution in [-0.2, 0) is 17.8 Å². The van der Waals surface area contributed by atoms with Crippen molar-refractivity contribution in [3.63, 3.8) is 0 Å². The van der Waals surface area contributed by atoms with Crippen molar-refractivity contribution in [2.45, 2.75) is 20.0 Å². The van der Waals surface area contributed by atoms with Gasteiger partial charge in [-0.2, -0.15) is 0 Å². The summed E-state index contributed by atoms with van der Waals surface area (Å²) in [6.07, 6.45) is 0. The van der Waals surface area contributed by atoms with Crippen LogP contribution >= 0.6 is 0 Å². The lowest BCUT2D eigenvalue weighted by molar-refractivity contribution is 0.0674. The lowest BCUT2D eigenvalue weighted by atomic mass is 10.1. The normalized spacial score (nSPS) is 20.8. The van der Waals surface area contributed by atoms with Crippen molar-refractivity contribution in [3.8, 4) is 0 Å². The smallest absolute Gasteiger partial charge is 0.191 e. The molecule has 6 heteroatoms. The average Bonchev–Trinajstić information content (AvgIpc) is 2.68. The summed E-state index contributed by atoms with van der Waals surface area (Å²) in [5.41, 5.74) is 8.66. The minimum atomic E-state index is 0.626. The van der Waals surface area contributed by atoms with Crippen LogP contribution in [0.25, 0.3) is 0 Å². The standard InChI is InChI=1S/C19H31N5O/c1-2-22-7-9-23(10-8-22)16-18-5-3-17(4-6-18)15-21-19(20)24-11-13-25-14-12-24/h3-6H,2,7-16H2,1H3,(H2,20,21). The highest BCUT2D eigenvalue weighted by atomic mass is 16.5. The Labute approximate surface area is 151 Å². The molecule has 2 aliphatic rings. The number of ether oxygens (including phenoxy) is 1. The molecule has 0 amide bonds. The number of benzene rings is 1. The molecule has 3 rings (SSSR count). The zero-order valence-corrected chi connectivity index (χ0v) is 15.4. The van der Waals surface area contributed by atoms with E-state index < -0.39 is 0 Å². The van der Waals surface area contributed by atoms with Crippen LogP contribution in [0.15, 0.2) is 29.3 Å². The van der Waals surface area contributed by atoms with E-state index in [4.69, 9.17) is 10.5 Å². The van der Waals surface area contributed by atoms with Crippen LogP contribution in [0.1, 0.15) is 18.1 Å². The Hall–Kier alpha value is -1.63. The van der Waals surface area contributed by atoms with Crippen LogP contribution in [0.3, 0.4) is 0 Å². The largest absolute Gasteiger partial charge is 0.378 e. The van der Waals surface area contributed by atoms with E-state index >= 15 is 0 Å². The highest BCUT2D eigenvalue weighted by molar-refractivity contribution is 5.78. The van der Waals surface area contributed by atoms with E-state index in [1.165, 1.54) is 24.2 Å². The molecule has 0 aromatic heterocycles. The second-order valence-corrected chi connectivity index (χ2v) is 6.80. The Morgan fingerprint density at radius 1 is 0.960 bits per heavy atom. The molecule has 0 aliphatic carbocycles. The molecule has 1 aromatic rings. The predicted octanol–water partition coefficient (Wildman–Crippen LogP) is 0.971. The lowest BCUT2D eigenvalue weighted by Gasteiger charge is -2.34. The van der Waals surface area contributed by atoms with E-state index in [0.29, 0.717) is 12.5 Å². The van der Waals surface area contributed by atoms with Gasteiger partial charge in [0, 0.05) is 45.8 Å². The van der Waals surface area contributed by atoms with Crippen LogP contribution < -0.4 is 5.73 Å². The van der Waals surface area contributed by atoms with Gasteiger partial charge in [-0.3, -0.25) is 4.90 Å². The van der Waals surface area contributed by atoms with Crippen LogP contribution in [0.2, 0.25) is 0 Å². The van der Waals surface area contributed by atoms with E-state index in [1.54, 1.807) is 0 Å². The summed E-state index contributed by atoms with van der Waals surface area (Å²) in [5.74, 6) is 0.626. The Morgan fingerprint density at radius 3 is 2.20 bits per heavy atom. The molecular weight excluding hydrogens is 314 g/mol. The van der Waals surface area contributed by atoms with Crippen molar-refractivity contribution >= 4 is 5.96 Å².